The minimum Gasteiger partial charge on any atom is -0.395 e. The van der Waals surface area contributed by atoms with Crippen LogP contribution in [0.3, 0.4) is 0 Å². The number of nitrogens with zero attached hydrogens (tertiary/aromatic N) is 2. The third kappa shape index (κ3) is 4.52. The van der Waals surface area contributed by atoms with Crippen LogP contribution in [0.1, 0.15) is 18.4 Å². The number of rotatable bonds is 7. The van der Waals surface area contributed by atoms with Crippen molar-refractivity contribution in [2.24, 2.45) is 5.92 Å². The Balaban J connectivity index is 2.05. The van der Waals surface area contributed by atoms with Crippen molar-refractivity contribution in [2.45, 2.75) is 19.4 Å². The quantitative estimate of drug-likeness (QED) is 0.753. The minimum atomic E-state index is -0.396. The summed E-state index contributed by atoms with van der Waals surface area (Å²) in [6.07, 6.45) is 0.662. The lowest BCUT2D eigenvalue weighted by atomic mass is 9.95. The van der Waals surface area contributed by atoms with Gasteiger partial charge in [-0.25, -0.2) is 4.39 Å². The summed E-state index contributed by atoms with van der Waals surface area (Å²) in [6.45, 7) is 0.287. The van der Waals surface area contributed by atoms with Crippen LogP contribution in [0.2, 0.25) is 0 Å². The molecule has 132 valence electrons. The lowest BCUT2D eigenvalue weighted by molar-refractivity contribution is -0.144. The lowest BCUT2D eigenvalue weighted by Gasteiger charge is -2.34. The van der Waals surface area contributed by atoms with Crippen molar-refractivity contribution in [3.63, 3.8) is 0 Å². The molecular weight excluding hydrogens is 315 g/mol. The van der Waals surface area contributed by atoms with Crippen LogP contribution in [0.15, 0.2) is 24.3 Å². The molecule has 1 fully saturated rings. The molecule has 0 radical (unpaired) electrons. The molecule has 0 spiro atoms. The molecule has 2 N–H and O–H groups in total. The predicted molar refractivity (Wildman–Crippen MR) is 85.3 cm³/mol. The predicted octanol–water partition coefficient (Wildman–Crippen LogP) is 0.378. The number of carbonyl (C=O) groups excluding carboxylic acids is 2. The maximum absolute atomic E-state index is 13.8. The number of aliphatic hydroxyl groups excluding tert-OH is 2. The van der Waals surface area contributed by atoms with Crippen molar-refractivity contribution in [3.8, 4) is 0 Å². The molecule has 2 rings (SSSR count). The Morgan fingerprint density at radius 3 is 2.54 bits per heavy atom. The highest BCUT2D eigenvalue weighted by Gasteiger charge is 2.32. The van der Waals surface area contributed by atoms with Crippen molar-refractivity contribution >= 4 is 11.8 Å². The normalized spacial score (nSPS) is 17.9. The number of aliphatic hydroxyl groups is 2. The monoisotopic (exact) mass is 338 g/mol. The van der Waals surface area contributed by atoms with Gasteiger partial charge in [-0.1, -0.05) is 18.2 Å². The second-order valence-electron chi connectivity index (χ2n) is 5.87. The van der Waals surface area contributed by atoms with Gasteiger partial charge in [-0.3, -0.25) is 9.59 Å². The molecule has 7 heteroatoms. The standard InChI is InChI=1S/C17H23FN2O4/c18-15-4-2-1-3-13(15)11-20-12-14(5-6-16(20)23)17(24)19(7-9-21)8-10-22/h1-4,14,21-22H,5-12H2. The number of halogens is 1. The van der Waals surface area contributed by atoms with Gasteiger partial charge in [-0.05, 0) is 12.5 Å². The topological polar surface area (TPSA) is 81.1 Å². The van der Waals surface area contributed by atoms with Crippen molar-refractivity contribution < 1.29 is 24.2 Å². The second kappa shape index (κ2) is 8.75. The molecule has 1 atom stereocenters. The lowest BCUT2D eigenvalue weighted by Crippen LogP contribution is -2.48. The third-order valence-corrected chi connectivity index (χ3v) is 4.22. The molecule has 6 nitrogen and oxygen atoms in total. The van der Waals surface area contributed by atoms with E-state index in [2.05, 4.69) is 0 Å². The molecule has 1 aromatic carbocycles. The first-order chi connectivity index (χ1) is 11.6. The van der Waals surface area contributed by atoms with E-state index in [0.29, 0.717) is 12.0 Å². The van der Waals surface area contributed by atoms with E-state index in [4.69, 9.17) is 10.2 Å². The zero-order valence-electron chi connectivity index (χ0n) is 13.5. The molecule has 0 aliphatic carbocycles. The summed E-state index contributed by atoms with van der Waals surface area (Å²) in [5, 5.41) is 18.1. The average Bonchev–Trinajstić information content (AvgIpc) is 2.58. The highest BCUT2D eigenvalue weighted by Crippen LogP contribution is 2.22. The Hall–Kier alpha value is -1.99. The van der Waals surface area contributed by atoms with Gasteiger partial charge in [-0.2, -0.15) is 0 Å². The first kappa shape index (κ1) is 18.4. The molecule has 1 aliphatic rings. The number of benzene rings is 1. The molecule has 0 bridgehead atoms. The van der Waals surface area contributed by atoms with E-state index in [9.17, 15) is 14.0 Å². The Morgan fingerprint density at radius 2 is 1.92 bits per heavy atom. The molecular formula is C17H23FN2O4. The van der Waals surface area contributed by atoms with Gasteiger partial charge < -0.3 is 20.0 Å². The van der Waals surface area contributed by atoms with Crippen molar-refractivity contribution in [1.29, 1.82) is 0 Å². The van der Waals surface area contributed by atoms with Crippen molar-refractivity contribution in [1.82, 2.24) is 9.80 Å². The number of piperidine rings is 1. The average molecular weight is 338 g/mol. The van der Waals surface area contributed by atoms with Crippen LogP contribution >= 0.6 is 0 Å². The summed E-state index contributed by atoms with van der Waals surface area (Å²) in [7, 11) is 0. The van der Waals surface area contributed by atoms with Gasteiger partial charge in [0.25, 0.3) is 0 Å². The molecule has 1 unspecified atom stereocenters. The van der Waals surface area contributed by atoms with E-state index in [1.165, 1.54) is 15.9 Å². The first-order valence-corrected chi connectivity index (χ1v) is 8.08. The van der Waals surface area contributed by atoms with E-state index in [-0.39, 0.29) is 63.4 Å². The molecule has 0 saturated carbocycles. The number of hydrogen-bond acceptors (Lipinski definition) is 4. The Morgan fingerprint density at radius 1 is 1.25 bits per heavy atom. The van der Waals surface area contributed by atoms with E-state index >= 15 is 0 Å². The van der Waals surface area contributed by atoms with Crippen LogP contribution in [-0.2, 0) is 16.1 Å². The van der Waals surface area contributed by atoms with Crippen LogP contribution in [0.5, 0.6) is 0 Å². The maximum Gasteiger partial charge on any atom is 0.227 e. The van der Waals surface area contributed by atoms with E-state index in [0.717, 1.165) is 0 Å². The molecule has 24 heavy (non-hydrogen) atoms. The summed E-state index contributed by atoms with van der Waals surface area (Å²) < 4.78 is 13.8. The van der Waals surface area contributed by atoms with E-state index in [1.54, 1.807) is 18.2 Å². The molecule has 1 aromatic rings. The van der Waals surface area contributed by atoms with Gasteiger partial charge in [0.1, 0.15) is 5.82 Å². The summed E-state index contributed by atoms with van der Waals surface area (Å²) in [6, 6.07) is 6.26. The Kier molecular flexibility index (Phi) is 6.69. The summed E-state index contributed by atoms with van der Waals surface area (Å²) in [4.78, 5) is 27.5. The second-order valence-corrected chi connectivity index (χ2v) is 5.87. The molecule has 0 aromatic heterocycles. The van der Waals surface area contributed by atoms with Gasteiger partial charge in [-0.15, -0.1) is 0 Å². The SMILES string of the molecule is O=C1CCC(C(=O)N(CCO)CCO)CN1Cc1ccccc1F. The Bertz CT molecular complexity index is 575. The van der Waals surface area contributed by atoms with Gasteiger partial charge in [0.15, 0.2) is 0 Å². The van der Waals surface area contributed by atoms with Crippen molar-refractivity contribution in [3.05, 3.63) is 35.6 Å². The minimum absolute atomic E-state index is 0.0989. The third-order valence-electron chi connectivity index (χ3n) is 4.22. The molecule has 1 aliphatic heterocycles. The van der Waals surface area contributed by atoms with E-state index < -0.39 is 5.92 Å². The van der Waals surface area contributed by atoms with Crippen LogP contribution in [0.25, 0.3) is 0 Å². The Labute approximate surface area is 140 Å². The fourth-order valence-corrected chi connectivity index (χ4v) is 2.93. The zero-order valence-corrected chi connectivity index (χ0v) is 13.5. The molecule has 1 saturated heterocycles. The van der Waals surface area contributed by atoms with Crippen LogP contribution in [0, 0.1) is 11.7 Å². The van der Waals surface area contributed by atoms with Crippen LogP contribution in [0.4, 0.5) is 4.39 Å². The summed E-state index contributed by atoms with van der Waals surface area (Å²) in [5.74, 6) is -1.06. The maximum atomic E-state index is 13.8. The summed E-state index contributed by atoms with van der Waals surface area (Å²) >= 11 is 0. The van der Waals surface area contributed by atoms with Crippen molar-refractivity contribution in [2.75, 3.05) is 32.8 Å². The largest absolute Gasteiger partial charge is 0.395 e. The highest BCUT2D eigenvalue weighted by molar-refractivity contribution is 5.84. The van der Waals surface area contributed by atoms with E-state index in [1.807, 2.05) is 0 Å². The van der Waals surface area contributed by atoms with Gasteiger partial charge in [0.05, 0.1) is 19.1 Å². The fraction of sp³-hybridized carbons (Fsp3) is 0.529. The summed E-state index contributed by atoms with van der Waals surface area (Å²) in [5.41, 5.74) is 0.418. The van der Waals surface area contributed by atoms with Gasteiger partial charge >= 0.3 is 0 Å². The molecule has 1 heterocycles. The number of amides is 2. The van der Waals surface area contributed by atoms with Gasteiger partial charge in [0, 0.05) is 38.2 Å². The van der Waals surface area contributed by atoms with Crippen LogP contribution < -0.4 is 0 Å². The first-order valence-electron chi connectivity index (χ1n) is 8.08. The number of hydrogen-bond donors (Lipinski definition) is 2. The van der Waals surface area contributed by atoms with Gasteiger partial charge in [0.2, 0.25) is 11.8 Å². The highest BCUT2D eigenvalue weighted by atomic mass is 19.1. The smallest absolute Gasteiger partial charge is 0.227 e. The molecule has 2 amide bonds. The zero-order chi connectivity index (χ0) is 17.5. The fourth-order valence-electron chi connectivity index (χ4n) is 2.93. The number of likely N-dealkylation sites (tertiary alicyclic amines) is 1. The number of carbonyl (C=O) groups is 2. The van der Waals surface area contributed by atoms with Crippen LogP contribution in [-0.4, -0.2) is 64.7 Å².